The molecule has 1 aromatic rings. The van der Waals surface area contributed by atoms with Crippen LogP contribution in [0.2, 0.25) is 0 Å². The van der Waals surface area contributed by atoms with Gasteiger partial charge in [-0.3, -0.25) is 4.68 Å². The second-order valence-electron chi connectivity index (χ2n) is 3.54. The van der Waals surface area contributed by atoms with Crippen molar-refractivity contribution in [2.24, 2.45) is 0 Å². The van der Waals surface area contributed by atoms with Crippen molar-refractivity contribution in [2.45, 2.75) is 38.9 Å². The van der Waals surface area contributed by atoms with Crippen LogP contribution in [0, 0.1) is 0 Å². The second kappa shape index (κ2) is 5.54. The maximum absolute atomic E-state index is 4.05. The van der Waals surface area contributed by atoms with Gasteiger partial charge in [0.1, 0.15) is 12.7 Å². The first kappa shape index (κ1) is 10.9. The van der Waals surface area contributed by atoms with Gasteiger partial charge in [0.15, 0.2) is 0 Å². The van der Waals surface area contributed by atoms with Crippen molar-refractivity contribution in [3.05, 3.63) is 25.3 Å². The Morgan fingerprint density at radius 3 is 2.93 bits per heavy atom. The number of aryl methyl sites for hydroxylation is 1. The Balaban J connectivity index is 2.21. The summed E-state index contributed by atoms with van der Waals surface area (Å²) in [6.45, 7) is 8.89. The second-order valence-corrected chi connectivity index (χ2v) is 3.54. The predicted octanol–water partition coefficient (Wildman–Crippen LogP) is 1.22. The molecular weight excluding hydrogens is 176 g/mol. The SMILES string of the molecule is C=CC(C)NC(C)CCn1cncn1. The molecule has 2 unspecified atom stereocenters. The molecule has 0 aliphatic carbocycles. The number of nitrogens with zero attached hydrogens (tertiary/aromatic N) is 3. The summed E-state index contributed by atoms with van der Waals surface area (Å²) >= 11 is 0. The highest BCUT2D eigenvalue weighted by Crippen LogP contribution is 1.96. The number of rotatable bonds is 6. The number of hydrogen-bond donors (Lipinski definition) is 1. The molecule has 1 N–H and O–H groups in total. The summed E-state index contributed by atoms with van der Waals surface area (Å²) in [7, 11) is 0. The smallest absolute Gasteiger partial charge is 0.137 e. The van der Waals surface area contributed by atoms with Gasteiger partial charge in [0.05, 0.1) is 0 Å². The molecule has 0 aliphatic heterocycles. The fraction of sp³-hybridized carbons (Fsp3) is 0.600. The van der Waals surface area contributed by atoms with Crippen molar-refractivity contribution >= 4 is 0 Å². The van der Waals surface area contributed by atoms with E-state index >= 15 is 0 Å². The lowest BCUT2D eigenvalue weighted by Crippen LogP contribution is -2.33. The first-order chi connectivity index (χ1) is 6.72. The normalized spacial score (nSPS) is 15.0. The fourth-order valence-corrected chi connectivity index (χ4v) is 1.27. The average molecular weight is 194 g/mol. The molecule has 2 atom stereocenters. The van der Waals surface area contributed by atoms with E-state index in [1.54, 1.807) is 12.7 Å². The summed E-state index contributed by atoms with van der Waals surface area (Å²) in [6, 6.07) is 0.827. The standard InChI is InChI=1S/C10H18N4/c1-4-9(2)13-10(3)5-6-14-8-11-7-12-14/h4,7-10,13H,1,5-6H2,2-3H3. The Bertz CT molecular complexity index is 255. The Kier molecular flexibility index (Phi) is 4.32. The van der Waals surface area contributed by atoms with Crippen LogP contribution in [-0.4, -0.2) is 26.8 Å². The summed E-state index contributed by atoms with van der Waals surface area (Å²) in [4.78, 5) is 3.89. The monoisotopic (exact) mass is 194 g/mol. The summed E-state index contributed by atoms with van der Waals surface area (Å²) in [5.74, 6) is 0. The first-order valence-corrected chi connectivity index (χ1v) is 4.93. The maximum Gasteiger partial charge on any atom is 0.137 e. The van der Waals surface area contributed by atoms with Gasteiger partial charge in [-0.2, -0.15) is 5.10 Å². The van der Waals surface area contributed by atoms with E-state index in [1.165, 1.54) is 0 Å². The van der Waals surface area contributed by atoms with Gasteiger partial charge in [-0.1, -0.05) is 6.08 Å². The quantitative estimate of drug-likeness (QED) is 0.692. The van der Waals surface area contributed by atoms with E-state index < -0.39 is 0 Å². The van der Waals surface area contributed by atoms with Crippen LogP contribution in [0.15, 0.2) is 25.3 Å². The van der Waals surface area contributed by atoms with Crippen LogP contribution < -0.4 is 5.32 Å². The van der Waals surface area contributed by atoms with E-state index in [9.17, 15) is 0 Å². The molecule has 0 radical (unpaired) electrons. The van der Waals surface area contributed by atoms with Crippen LogP contribution in [0.5, 0.6) is 0 Å². The highest BCUT2D eigenvalue weighted by molar-refractivity contribution is 4.83. The van der Waals surface area contributed by atoms with Crippen LogP contribution in [0.1, 0.15) is 20.3 Å². The van der Waals surface area contributed by atoms with Crippen molar-refractivity contribution in [1.82, 2.24) is 20.1 Å². The Morgan fingerprint density at radius 2 is 2.36 bits per heavy atom. The van der Waals surface area contributed by atoms with E-state index in [0.29, 0.717) is 12.1 Å². The van der Waals surface area contributed by atoms with Gasteiger partial charge in [0, 0.05) is 18.6 Å². The average Bonchev–Trinajstić information content (AvgIpc) is 2.67. The van der Waals surface area contributed by atoms with Gasteiger partial charge in [-0.25, -0.2) is 4.98 Å². The van der Waals surface area contributed by atoms with Gasteiger partial charge in [0.25, 0.3) is 0 Å². The first-order valence-electron chi connectivity index (χ1n) is 4.93. The Labute approximate surface area is 85.0 Å². The van der Waals surface area contributed by atoms with E-state index in [-0.39, 0.29) is 0 Å². The van der Waals surface area contributed by atoms with E-state index in [4.69, 9.17) is 0 Å². The molecule has 4 nitrogen and oxygen atoms in total. The van der Waals surface area contributed by atoms with E-state index in [2.05, 4.69) is 35.8 Å². The van der Waals surface area contributed by atoms with Crippen LogP contribution in [0.25, 0.3) is 0 Å². The van der Waals surface area contributed by atoms with Crippen molar-refractivity contribution < 1.29 is 0 Å². The third-order valence-corrected chi connectivity index (χ3v) is 2.16. The fourth-order valence-electron chi connectivity index (χ4n) is 1.27. The minimum atomic E-state index is 0.362. The molecule has 0 saturated heterocycles. The number of aromatic nitrogens is 3. The zero-order valence-electron chi connectivity index (χ0n) is 8.85. The molecule has 14 heavy (non-hydrogen) atoms. The molecule has 0 aliphatic rings. The predicted molar refractivity (Wildman–Crippen MR) is 56.9 cm³/mol. The lowest BCUT2D eigenvalue weighted by molar-refractivity contribution is 0.442. The lowest BCUT2D eigenvalue weighted by atomic mass is 10.2. The molecule has 1 heterocycles. The van der Waals surface area contributed by atoms with Crippen LogP contribution >= 0.6 is 0 Å². The molecule has 0 fully saturated rings. The number of nitrogens with one attached hydrogen (secondary N) is 1. The molecular formula is C10H18N4. The molecule has 0 bridgehead atoms. The molecule has 0 spiro atoms. The topological polar surface area (TPSA) is 42.7 Å². The van der Waals surface area contributed by atoms with Crippen LogP contribution in [-0.2, 0) is 6.54 Å². The highest BCUT2D eigenvalue weighted by Gasteiger charge is 2.04. The Hall–Kier alpha value is -1.16. The van der Waals surface area contributed by atoms with Gasteiger partial charge < -0.3 is 5.32 Å². The van der Waals surface area contributed by atoms with Gasteiger partial charge >= 0.3 is 0 Å². The molecule has 0 aromatic carbocycles. The third kappa shape index (κ3) is 3.70. The lowest BCUT2D eigenvalue weighted by Gasteiger charge is -2.16. The van der Waals surface area contributed by atoms with Gasteiger partial charge in [-0.05, 0) is 20.3 Å². The van der Waals surface area contributed by atoms with Crippen LogP contribution in [0.3, 0.4) is 0 Å². The van der Waals surface area contributed by atoms with Gasteiger partial charge in [-0.15, -0.1) is 6.58 Å². The zero-order chi connectivity index (χ0) is 10.4. The van der Waals surface area contributed by atoms with Crippen molar-refractivity contribution in [3.63, 3.8) is 0 Å². The largest absolute Gasteiger partial charge is 0.308 e. The zero-order valence-corrected chi connectivity index (χ0v) is 8.85. The van der Waals surface area contributed by atoms with E-state index in [1.807, 2.05) is 10.8 Å². The van der Waals surface area contributed by atoms with Crippen molar-refractivity contribution in [1.29, 1.82) is 0 Å². The van der Waals surface area contributed by atoms with E-state index in [0.717, 1.165) is 13.0 Å². The van der Waals surface area contributed by atoms with Crippen molar-refractivity contribution in [2.75, 3.05) is 0 Å². The summed E-state index contributed by atoms with van der Waals surface area (Å²) in [6.07, 6.45) is 6.25. The minimum Gasteiger partial charge on any atom is -0.308 e. The summed E-state index contributed by atoms with van der Waals surface area (Å²) < 4.78 is 1.84. The maximum atomic E-state index is 4.05. The minimum absolute atomic E-state index is 0.362. The highest BCUT2D eigenvalue weighted by atomic mass is 15.3. The molecule has 1 aromatic heterocycles. The summed E-state index contributed by atoms with van der Waals surface area (Å²) in [5.41, 5.74) is 0. The third-order valence-electron chi connectivity index (χ3n) is 2.16. The molecule has 1 rings (SSSR count). The molecule has 0 saturated carbocycles. The summed E-state index contributed by atoms with van der Waals surface area (Å²) in [5, 5.41) is 7.46. The molecule has 0 amide bonds. The Morgan fingerprint density at radius 1 is 1.57 bits per heavy atom. The van der Waals surface area contributed by atoms with Gasteiger partial charge in [0.2, 0.25) is 0 Å². The van der Waals surface area contributed by atoms with Crippen LogP contribution in [0.4, 0.5) is 0 Å². The van der Waals surface area contributed by atoms with Crippen molar-refractivity contribution in [3.8, 4) is 0 Å². The molecule has 4 heteroatoms. The number of hydrogen-bond acceptors (Lipinski definition) is 3. The molecule has 78 valence electrons.